The van der Waals surface area contributed by atoms with E-state index in [-0.39, 0.29) is 5.91 Å². The van der Waals surface area contributed by atoms with Crippen molar-refractivity contribution in [1.82, 2.24) is 15.1 Å². The molecule has 17 heavy (non-hydrogen) atoms. The Labute approximate surface area is 104 Å². The van der Waals surface area contributed by atoms with Crippen molar-refractivity contribution in [2.45, 2.75) is 31.7 Å². The first-order valence-corrected chi connectivity index (χ1v) is 6.81. The number of amides is 1. The molecule has 0 aromatic carbocycles. The van der Waals surface area contributed by atoms with Crippen LogP contribution in [0.25, 0.3) is 0 Å². The molecule has 0 bridgehead atoms. The molecule has 1 heterocycles. The summed E-state index contributed by atoms with van der Waals surface area (Å²) < 4.78 is 0. The Balaban J connectivity index is 1.64. The molecule has 0 radical (unpaired) electrons. The molecule has 1 saturated carbocycles. The van der Waals surface area contributed by atoms with Gasteiger partial charge < -0.3 is 15.1 Å². The quantitative estimate of drug-likeness (QED) is 0.760. The first-order valence-electron chi connectivity index (χ1n) is 6.81. The molecule has 1 aliphatic heterocycles. The molecular formula is C13H25N3O. The van der Waals surface area contributed by atoms with E-state index in [4.69, 9.17) is 0 Å². The largest absolute Gasteiger partial charge is 0.341 e. The fourth-order valence-electron chi connectivity index (χ4n) is 2.36. The molecular weight excluding hydrogens is 214 g/mol. The fourth-order valence-corrected chi connectivity index (χ4v) is 2.36. The third-order valence-electron chi connectivity index (χ3n) is 3.69. The van der Waals surface area contributed by atoms with E-state index in [0.29, 0.717) is 12.6 Å². The van der Waals surface area contributed by atoms with Gasteiger partial charge in [0.05, 0.1) is 6.54 Å². The Morgan fingerprint density at radius 1 is 1.24 bits per heavy atom. The summed E-state index contributed by atoms with van der Waals surface area (Å²) in [6.07, 6.45) is 5.05. The molecule has 2 aliphatic rings. The highest BCUT2D eigenvalue weighted by atomic mass is 16.2. The minimum Gasteiger partial charge on any atom is -0.341 e. The molecule has 1 aliphatic carbocycles. The highest BCUT2D eigenvalue weighted by Gasteiger charge is 2.25. The third kappa shape index (κ3) is 4.28. The van der Waals surface area contributed by atoms with Gasteiger partial charge in [-0.25, -0.2) is 0 Å². The first-order chi connectivity index (χ1) is 8.15. The number of carbonyl (C=O) groups is 1. The summed E-state index contributed by atoms with van der Waals surface area (Å²) >= 11 is 0. The van der Waals surface area contributed by atoms with Crippen molar-refractivity contribution in [2.75, 3.05) is 40.3 Å². The number of likely N-dealkylation sites (N-methyl/N-ethyl adjacent to an activating group) is 1. The molecule has 0 aromatic heterocycles. The van der Waals surface area contributed by atoms with Crippen LogP contribution in [-0.2, 0) is 4.79 Å². The predicted octanol–water partition coefficient (Wildman–Crippen LogP) is 0.539. The number of piperidine rings is 1. The zero-order valence-corrected chi connectivity index (χ0v) is 11.1. The topological polar surface area (TPSA) is 35.6 Å². The zero-order chi connectivity index (χ0) is 12.3. The summed E-state index contributed by atoms with van der Waals surface area (Å²) in [5.41, 5.74) is 0. The van der Waals surface area contributed by atoms with Crippen LogP contribution in [0.15, 0.2) is 0 Å². The van der Waals surface area contributed by atoms with E-state index < -0.39 is 0 Å². The van der Waals surface area contributed by atoms with E-state index in [0.717, 1.165) is 31.8 Å². The van der Waals surface area contributed by atoms with Crippen LogP contribution < -0.4 is 5.32 Å². The summed E-state index contributed by atoms with van der Waals surface area (Å²) in [6, 6.07) is 0.638. The second-order valence-electron chi connectivity index (χ2n) is 5.74. The van der Waals surface area contributed by atoms with Gasteiger partial charge in [0.15, 0.2) is 0 Å². The smallest absolute Gasteiger partial charge is 0.236 e. The lowest BCUT2D eigenvalue weighted by molar-refractivity contribution is -0.132. The van der Waals surface area contributed by atoms with Crippen molar-refractivity contribution in [2.24, 2.45) is 5.92 Å². The van der Waals surface area contributed by atoms with E-state index in [1.165, 1.54) is 19.4 Å². The maximum atomic E-state index is 11.9. The number of hydrogen-bond donors (Lipinski definition) is 1. The summed E-state index contributed by atoms with van der Waals surface area (Å²) in [5, 5.41) is 3.64. The van der Waals surface area contributed by atoms with Crippen LogP contribution in [-0.4, -0.2) is 62.0 Å². The average Bonchev–Trinajstić information content (AvgIpc) is 3.10. The Kier molecular flexibility index (Phi) is 4.40. The molecule has 1 N–H and O–H groups in total. The van der Waals surface area contributed by atoms with E-state index in [1.807, 2.05) is 23.9 Å². The molecule has 4 nitrogen and oxygen atoms in total. The summed E-state index contributed by atoms with van der Waals surface area (Å²) in [4.78, 5) is 15.8. The fraction of sp³-hybridized carbons (Fsp3) is 0.923. The Morgan fingerprint density at radius 3 is 2.41 bits per heavy atom. The van der Waals surface area contributed by atoms with Crippen LogP contribution in [0.2, 0.25) is 0 Å². The van der Waals surface area contributed by atoms with E-state index >= 15 is 0 Å². The average molecular weight is 239 g/mol. The normalized spacial score (nSPS) is 22.2. The van der Waals surface area contributed by atoms with Crippen molar-refractivity contribution in [3.8, 4) is 0 Å². The molecule has 0 aromatic rings. The number of carbonyl (C=O) groups excluding carboxylic acids is 1. The van der Waals surface area contributed by atoms with Gasteiger partial charge in [-0.3, -0.25) is 4.79 Å². The Hall–Kier alpha value is -0.610. The summed E-state index contributed by atoms with van der Waals surface area (Å²) in [5.74, 6) is 1.22. The minimum atomic E-state index is 0.274. The molecule has 0 atom stereocenters. The van der Waals surface area contributed by atoms with E-state index in [9.17, 15) is 4.79 Å². The number of nitrogens with one attached hydrogen (secondary N) is 1. The summed E-state index contributed by atoms with van der Waals surface area (Å²) in [7, 11) is 3.89. The first kappa shape index (κ1) is 12.8. The highest BCUT2D eigenvalue weighted by Crippen LogP contribution is 2.28. The van der Waals surface area contributed by atoms with Crippen molar-refractivity contribution in [3.63, 3.8) is 0 Å². The van der Waals surface area contributed by atoms with Gasteiger partial charge >= 0.3 is 0 Å². The number of rotatable bonds is 5. The zero-order valence-electron chi connectivity index (χ0n) is 11.1. The van der Waals surface area contributed by atoms with Crippen LogP contribution in [0.1, 0.15) is 25.7 Å². The lowest BCUT2D eigenvalue weighted by Crippen LogP contribution is -2.47. The van der Waals surface area contributed by atoms with E-state index in [1.54, 1.807) is 0 Å². The lowest BCUT2D eigenvalue weighted by Gasteiger charge is -2.33. The van der Waals surface area contributed by atoms with Crippen LogP contribution in [0.3, 0.4) is 0 Å². The molecule has 0 spiro atoms. The van der Waals surface area contributed by atoms with Crippen LogP contribution in [0.4, 0.5) is 0 Å². The number of likely N-dealkylation sites (tertiary alicyclic amines) is 1. The molecule has 2 rings (SSSR count). The van der Waals surface area contributed by atoms with Gasteiger partial charge in [0, 0.05) is 19.1 Å². The minimum absolute atomic E-state index is 0.274. The Morgan fingerprint density at radius 2 is 1.88 bits per heavy atom. The van der Waals surface area contributed by atoms with Gasteiger partial charge in [0.1, 0.15) is 0 Å². The van der Waals surface area contributed by atoms with Crippen LogP contribution >= 0.6 is 0 Å². The number of hydrogen-bond acceptors (Lipinski definition) is 3. The standard InChI is InChI=1S/C13H25N3O/c1-15(2)10-13(17)16-7-5-12(6-8-16)14-9-11-3-4-11/h11-12,14H,3-10H2,1-2H3. The molecule has 98 valence electrons. The monoisotopic (exact) mass is 239 g/mol. The summed E-state index contributed by atoms with van der Waals surface area (Å²) in [6.45, 7) is 3.58. The highest BCUT2D eigenvalue weighted by molar-refractivity contribution is 5.78. The van der Waals surface area contributed by atoms with Gasteiger partial charge in [-0.05, 0) is 52.2 Å². The van der Waals surface area contributed by atoms with Gasteiger partial charge in [0.25, 0.3) is 0 Å². The Bertz CT molecular complexity index is 255. The molecule has 0 unspecified atom stereocenters. The van der Waals surface area contributed by atoms with Crippen molar-refractivity contribution in [3.05, 3.63) is 0 Å². The molecule has 2 fully saturated rings. The molecule has 4 heteroatoms. The van der Waals surface area contributed by atoms with Gasteiger partial charge in [-0.1, -0.05) is 0 Å². The van der Waals surface area contributed by atoms with E-state index in [2.05, 4.69) is 5.32 Å². The molecule has 1 amide bonds. The number of nitrogens with zero attached hydrogens (tertiary/aromatic N) is 2. The van der Waals surface area contributed by atoms with Crippen molar-refractivity contribution >= 4 is 5.91 Å². The SMILES string of the molecule is CN(C)CC(=O)N1CCC(NCC2CC2)CC1. The lowest BCUT2D eigenvalue weighted by atomic mass is 10.0. The van der Waals surface area contributed by atoms with Crippen LogP contribution in [0.5, 0.6) is 0 Å². The molecule has 1 saturated heterocycles. The maximum Gasteiger partial charge on any atom is 0.236 e. The second-order valence-corrected chi connectivity index (χ2v) is 5.74. The van der Waals surface area contributed by atoms with Gasteiger partial charge in [-0.15, -0.1) is 0 Å². The van der Waals surface area contributed by atoms with Crippen LogP contribution in [0, 0.1) is 5.92 Å². The third-order valence-corrected chi connectivity index (χ3v) is 3.69. The van der Waals surface area contributed by atoms with Gasteiger partial charge in [0.2, 0.25) is 5.91 Å². The van der Waals surface area contributed by atoms with Crippen molar-refractivity contribution < 1.29 is 4.79 Å². The second kappa shape index (κ2) is 5.83. The predicted molar refractivity (Wildman–Crippen MR) is 68.9 cm³/mol. The van der Waals surface area contributed by atoms with Gasteiger partial charge in [-0.2, -0.15) is 0 Å². The maximum absolute atomic E-state index is 11.9. The van der Waals surface area contributed by atoms with Crippen molar-refractivity contribution in [1.29, 1.82) is 0 Å².